The van der Waals surface area contributed by atoms with Crippen molar-refractivity contribution >= 4 is 130 Å². The zero-order valence-electron chi connectivity index (χ0n) is 75.7. The molecular weight excluding hydrogens is 1750 g/mol. The van der Waals surface area contributed by atoms with Crippen molar-refractivity contribution in [2.75, 3.05) is 38.3 Å². The molecule has 1 aliphatic heterocycles. The van der Waals surface area contributed by atoms with Crippen molar-refractivity contribution in [2.24, 2.45) is 40.7 Å². The van der Waals surface area contributed by atoms with Crippen LogP contribution in [0.1, 0.15) is 157 Å². The molecule has 48 heteroatoms. The first-order valence-corrected chi connectivity index (χ1v) is 44.7. The lowest BCUT2D eigenvalue weighted by molar-refractivity contribution is -0.145. The summed E-state index contributed by atoms with van der Waals surface area (Å²) in [6, 6.07) is -10.7. The summed E-state index contributed by atoms with van der Waals surface area (Å²) in [6.07, 6.45) is -7.08. The quantitative estimate of drug-likeness (QED) is 0.0166. The van der Waals surface area contributed by atoms with Crippen LogP contribution >= 0.6 is 11.8 Å². The van der Waals surface area contributed by atoms with Gasteiger partial charge in [0, 0.05) is 45.2 Å². The number of thioether (sulfide) groups is 1. The van der Waals surface area contributed by atoms with Crippen LogP contribution in [0.2, 0.25) is 0 Å². The molecule has 0 spiro atoms. The third-order valence-corrected chi connectivity index (χ3v) is 22.0. The minimum atomic E-state index is -1.97. The first-order valence-electron chi connectivity index (χ1n) is 43.3. The van der Waals surface area contributed by atoms with Crippen LogP contribution in [-0.4, -0.2) is 312 Å². The lowest BCUT2D eigenvalue weighted by atomic mass is 9.96. The summed E-state index contributed by atoms with van der Waals surface area (Å²) in [5.74, 6) is -23.1. The average molecular weight is 1890 g/mol. The van der Waals surface area contributed by atoms with Gasteiger partial charge in [0.15, 0.2) is 12.0 Å². The first-order chi connectivity index (χ1) is 62.1. The van der Waals surface area contributed by atoms with Gasteiger partial charge in [0.25, 0.3) is 0 Å². The van der Waals surface area contributed by atoms with E-state index >= 15 is 0 Å². The number of carboxylic acid groups (broad SMARTS) is 2. The molecule has 47 nitrogen and oxygen atoms in total. The number of amides is 17. The van der Waals surface area contributed by atoms with Gasteiger partial charge in [0.2, 0.25) is 100 Å². The molecule has 3 rings (SSSR count). The molecule has 736 valence electrons. The summed E-state index contributed by atoms with van der Waals surface area (Å²) in [4.78, 5) is 263. The molecule has 0 aliphatic carbocycles. The fourth-order valence-electron chi connectivity index (χ4n) is 13.6. The van der Waals surface area contributed by atoms with Gasteiger partial charge in [-0.05, 0) is 119 Å². The van der Waals surface area contributed by atoms with Gasteiger partial charge < -0.3 is 143 Å². The van der Waals surface area contributed by atoms with Crippen molar-refractivity contribution in [3.05, 3.63) is 71.8 Å². The standard InChI is InChI=1S/C84H133N21O26S/c1-11-43(6)64(79(126)94-53(28-31-62(113)114)70(117)97-56(36-41(2)3)82(129)105-34-19-25-59(105)77(124)93-50(24-18-33-90-84(88)89)69(116)98-58(40-107)76(123)104-67(46(9)110)83(130)131)101-71(118)52(27-30-61(87)112)92-73(120)54(37-47-20-14-12-15-21-47)95-78(125)63(42(4)5)100-75(122)57(39-106)99-74(121)55(38-48-22-16-13-17-23-48)96-80(127)65(44(7)108)103-81(128)66(45(8)109)102-72(119)51(26-29-60(86)111)91-68(115)49(85)32-35-132-10/h12-17,20-23,41-46,49-59,63-67,106-110H,11,18-19,24-40,85H2,1-10H3,(H2,86,111)(H2,87,112)(H,91,115)(H,92,120)(H,93,124)(H,94,126)(H,95,125)(H,96,127)(H,97,117)(H,98,116)(H,99,121)(H,100,122)(H,101,118)(H,102,119)(H,103,128)(H,104,123)(H,113,114)(H,130,131)(H4,88,89,90)/t43-,44+,45+,46+,49-,50-,51-,52-,53-,54-,55-,56-,57-,58-,59-,63-,64-,65-,66-,67-/m0/s1. The van der Waals surface area contributed by atoms with Crippen molar-refractivity contribution in [1.29, 1.82) is 5.41 Å². The Morgan fingerprint density at radius 3 is 1.23 bits per heavy atom. The predicted molar refractivity (Wildman–Crippen MR) is 477 cm³/mol. The molecule has 2 aromatic carbocycles. The van der Waals surface area contributed by atoms with E-state index in [-0.39, 0.29) is 83.2 Å². The predicted octanol–water partition coefficient (Wildman–Crippen LogP) is -8.05. The van der Waals surface area contributed by atoms with Gasteiger partial charge in [0.05, 0.1) is 37.6 Å². The molecule has 0 radical (unpaired) electrons. The number of hydrogen-bond acceptors (Lipinski definition) is 27. The molecule has 1 heterocycles. The SMILES string of the molecule is CC[C@H](C)[C@H](NC(=O)[C@H](CCC(N)=O)NC(=O)[C@H](Cc1ccccc1)NC(=O)[C@@H](NC(=O)[C@H](CO)NC(=O)[C@H](Cc1ccccc1)NC(=O)[C@@H](NC(=O)[C@@H](NC(=O)[C@H](CCC(N)=O)NC(=O)[C@@H](N)CCSC)[C@@H](C)O)[C@@H](C)O)C(C)C)C(=O)N[C@@H](CCC(=O)O)C(=O)N[C@@H](CC(C)C)C(=O)N1CCC[C@H]1C(=O)N[C@@H](CCCNC(=N)N)C(=O)N[C@@H](CO)C(=O)N[C@H](C(=O)O)[C@@H](C)O. The maximum atomic E-state index is 14.9. The topological polar surface area (TPSA) is 778 Å². The number of nitrogens with one attached hydrogen (secondary N) is 16. The van der Waals surface area contributed by atoms with Crippen molar-refractivity contribution in [3.8, 4) is 0 Å². The number of aliphatic hydroxyl groups is 5. The van der Waals surface area contributed by atoms with Crippen LogP contribution in [0.4, 0.5) is 0 Å². The van der Waals surface area contributed by atoms with E-state index < -0.39 is 290 Å². The normalized spacial score (nSPS) is 16.7. The number of carbonyl (C=O) groups excluding carboxylic acids is 17. The smallest absolute Gasteiger partial charge is 0.328 e. The van der Waals surface area contributed by atoms with Gasteiger partial charge in [-0.3, -0.25) is 91.7 Å². The Labute approximate surface area is 768 Å². The highest BCUT2D eigenvalue weighted by Gasteiger charge is 2.44. The maximum Gasteiger partial charge on any atom is 0.328 e. The van der Waals surface area contributed by atoms with Gasteiger partial charge in [0.1, 0.15) is 84.6 Å². The van der Waals surface area contributed by atoms with Crippen LogP contribution in [0, 0.1) is 23.2 Å². The largest absolute Gasteiger partial charge is 0.481 e. The number of carboxylic acids is 2. The second-order valence-corrected chi connectivity index (χ2v) is 34.0. The summed E-state index contributed by atoms with van der Waals surface area (Å²) in [6.45, 7) is 10.4. The molecule has 1 saturated heterocycles. The number of aliphatic carboxylic acids is 2. The highest BCUT2D eigenvalue weighted by atomic mass is 32.2. The number of hydrogen-bond donors (Lipinski definition) is 27. The fourth-order valence-corrected chi connectivity index (χ4v) is 14.1. The molecule has 0 aromatic heterocycles. The molecule has 0 saturated carbocycles. The van der Waals surface area contributed by atoms with Gasteiger partial charge in [-0.15, -0.1) is 0 Å². The third kappa shape index (κ3) is 39.4. The highest BCUT2D eigenvalue weighted by molar-refractivity contribution is 7.98. The second-order valence-electron chi connectivity index (χ2n) is 33.0. The Morgan fingerprint density at radius 1 is 0.447 bits per heavy atom. The van der Waals surface area contributed by atoms with E-state index in [0.29, 0.717) is 16.9 Å². The summed E-state index contributed by atoms with van der Waals surface area (Å²) in [5, 5.41) is 116. The summed E-state index contributed by atoms with van der Waals surface area (Å²) in [7, 11) is 0. The zero-order chi connectivity index (χ0) is 99.5. The third-order valence-electron chi connectivity index (χ3n) is 21.3. The van der Waals surface area contributed by atoms with Crippen LogP contribution in [-0.2, 0) is 104 Å². The lowest BCUT2D eigenvalue weighted by Crippen LogP contribution is -2.64. The molecule has 132 heavy (non-hydrogen) atoms. The number of primary amides is 2. The van der Waals surface area contributed by atoms with Gasteiger partial charge >= 0.3 is 11.9 Å². The maximum absolute atomic E-state index is 14.9. The number of aliphatic hydroxyl groups excluding tert-OH is 5. The number of nitrogens with zero attached hydrogens (tertiary/aromatic N) is 1. The van der Waals surface area contributed by atoms with E-state index in [2.05, 4.69) is 74.4 Å². The number of carbonyl (C=O) groups is 19. The molecule has 20 atom stereocenters. The average Bonchev–Trinajstić information content (AvgIpc) is 1.56. The number of guanidine groups is 1. The molecule has 0 bridgehead atoms. The van der Waals surface area contributed by atoms with E-state index in [0.717, 1.165) is 25.7 Å². The van der Waals surface area contributed by atoms with Gasteiger partial charge in [-0.2, -0.15) is 11.8 Å². The van der Waals surface area contributed by atoms with E-state index in [4.69, 9.17) is 28.3 Å². The van der Waals surface area contributed by atoms with Crippen molar-refractivity contribution in [2.45, 2.75) is 274 Å². The Bertz CT molecular complexity index is 4250. The van der Waals surface area contributed by atoms with Crippen molar-refractivity contribution in [3.63, 3.8) is 0 Å². The fraction of sp³-hybridized carbons (Fsp3) is 0.619. The highest BCUT2D eigenvalue weighted by Crippen LogP contribution is 2.23. The van der Waals surface area contributed by atoms with Crippen molar-refractivity contribution < 1.29 is 127 Å². The van der Waals surface area contributed by atoms with E-state index in [9.17, 15) is 127 Å². The van der Waals surface area contributed by atoms with Crippen LogP contribution in [0.25, 0.3) is 0 Å². The second kappa shape index (κ2) is 57.8. The monoisotopic (exact) mass is 1880 g/mol. The minimum Gasteiger partial charge on any atom is -0.481 e. The molecule has 1 aliphatic rings. The van der Waals surface area contributed by atoms with E-state index in [1.54, 1.807) is 87.7 Å². The Hall–Kier alpha value is -12.2. The van der Waals surface area contributed by atoms with Crippen molar-refractivity contribution in [1.82, 2.24) is 84.7 Å². The summed E-state index contributed by atoms with van der Waals surface area (Å²) in [5.41, 5.74) is 23.2. The van der Waals surface area contributed by atoms with Gasteiger partial charge in [-0.1, -0.05) is 109 Å². The Kier molecular flexibility index (Phi) is 49.9. The van der Waals surface area contributed by atoms with E-state index in [1.807, 2.05) is 5.32 Å². The number of likely N-dealkylation sites (tertiary alicyclic amines) is 1. The number of benzene rings is 2. The van der Waals surface area contributed by atoms with E-state index in [1.165, 1.54) is 32.5 Å². The summed E-state index contributed by atoms with van der Waals surface area (Å²) >= 11 is 1.40. The molecular formula is C84H133N21O26S. The lowest BCUT2D eigenvalue weighted by Gasteiger charge is -2.32. The first kappa shape index (κ1) is 114. The molecule has 31 N–H and O–H groups in total. The molecule has 17 amide bonds. The van der Waals surface area contributed by atoms with Gasteiger partial charge in [-0.25, -0.2) is 4.79 Å². The Morgan fingerprint density at radius 2 is 0.811 bits per heavy atom. The Balaban J connectivity index is 1.97. The van der Waals surface area contributed by atoms with Crippen LogP contribution < -0.4 is 103 Å². The minimum absolute atomic E-state index is 0.00227. The number of nitrogens with two attached hydrogens (primary N) is 4. The summed E-state index contributed by atoms with van der Waals surface area (Å²) < 4.78 is 0. The van der Waals surface area contributed by atoms with Crippen LogP contribution in [0.3, 0.4) is 0 Å². The molecule has 0 unspecified atom stereocenters. The molecule has 2 aromatic rings. The zero-order valence-corrected chi connectivity index (χ0v) is 76.5. The van der Waals surface area contributed by atoms with Crippen LogP contribution in [0.5, 0.6) is 0 Å². The number of rotatable bonds is 60. The molecule has 1 fully saturated rings. The van der Waals surface area contributed by atoms with Crippen LogP contribution in [0.15, 0.2) is 60.7 Å².